The Bertz CT molecular complexity index is 374. The Balaban J connectivity index is 2.78. The number of aliphatic hydroxyl groups excluding tert-OH is 1. The summed E-state index contributed by atoms with van der Waals surface area (Å²) < 4.78 is 25.5. The zero-order valence-electron chi connectivity index (χ0n) is 9.44. The number of nitriles is 1. The summed E-state index contributed by atoms with van der Waals surface area (Å²) in [6, 6.07) is 1.62. The molecule has 1 aliphatic carbocycles. The van der Waals surface area contributed by atoms with Gasteiger partial charge in [0.2, 0.25) is 10.0 Å². The first-order chi connectivity index (χ1) is 7.43. The van der Waals surface area contributed by atoms with Gasteiger partial charge in [0.25, 0.3) is 0 Å². The summed E-state index contributed by atoms with van der Waals surface area (Å²) in [5.74, 6) is -0.158. The molecule has 92 valence electrons. The van der Waals surface area contributed by atoms with Crippen LogP contribution in [0.1, 0.15) is 32.6 Å². The maximum Gasteiger partial charge on any atom is 0.225 e. The highest BCUT2D eigenvalue weighted by molar-refractivity contribution is 7.89. The zero-order chi connectivity index (χ0) is 12.2. The zero-order valence-corrected chi connectivity index (χ0v) is 10.3. The number of aliphatic hydroxyl groups is 1. The lowest BCUT2D eigenvalue weighted by Gasteiger charge is -2.38. The molecule has 1 rings (SSSR count). The first-order valence-corrected chi connectivity index (χ1v) is 7.08. The van der Waals surface area contributed by atoms with Crippen LogP contribution in [0.2, 0.25) is 0 Å². The highest BCUT2D eigenvalue weighted by Crippen LogP contribution is 2.32. The average Bonchev–Trinajstić information content (AvgIpc) is 2.16. The molecule has 0 aromatic rings. The molecule has 1 aliphatic rings. The van der Waals surface area contributed by atoms with Crippen LogP contribution in [0.3, 0.4) is 0 Å². The molecular formula is C10H18N2O3S. The van der Waals surface area contributed by atoms with E-state index in [4.69, 9.17) is 5.26 Å². The van der Waals surface area contributed by atoms with Gasteiger partial charge >= 0.3 is 0 Å². The van der Waals surface area contributed by atoms with Crippen LogP contribution < -0.4 is 4.72 Å². The minimum atomic E-state index is -3.60. The largest absolute Gasteiger partial charge is 0.394 e. The summed E-state index contributed by atoms with van der Waals surface area (Å²) in [7, 11) is -3.60. The number of nitrogens with one attached hydrogen (secondary N) is 1. The first kappa shape index (κ1) is 13.4. The van der Waals surface area contributed by atoms with Crippen LogP contribution in [0.4, 0.5) is 0 Å². The van der Waals surface area contributed by atoms with Crippen LogP contribution in [-0.4, -0.2) is 31.4 Å². The summed E-state index contributed by atoms with van der Waals surface area (Å²) in [6.07, 6.45) is 3.23. The molecule has 0 bridgehead atoms. The van der Waals surface area contributed by atoms with Crippen molar-refractivity contribution in [2.75, 3.05) is 12.4 Å². The second kappa shape index (κ2) is 5.13. The quantitative estimate of drug-likeness (QED) is 0.750. The number of sulfonamides is 1. The van der Waals surface area contributed by atoms with Crippen molar-refractivity contribution in [3.05, 3.63) is 0 Å². The average molecular weight is 246 g/mol. The standard InChI is InChI=1S/C10H18N2O3S/c1-9-3-2-4-10(7-9,8-13)12-16(14,15)6-5-11/h9,12-13H,2-4,6-8H2,1H3. The van der Waals surface area contributed by atoms with E-state index in [-0.39, 0.29) is 6.61 Å². The second-order valence-electron chi connectivity index (χ2n) is 4.66. The smallest absolute Gasteiger partial charge is 0.225 e. The van der Waals surface area contributed by atoms with Crippen molar-refractivity contribution in [3.8, 4) is 6.07 Å². The highest BCUT2D eigenvalue weighted by atomic mass is 32.2. The molecule has 0 aromatic heterocycles. The van der Waals surface area contributed by atoms with Crippen molar-refractivity contribution in [2.24, 2.45) is 5.92 Å². The summed E-state index contributed by atoms with van der Waals surface area (Å²) in [6.45, 7) is 1.84. The van der Waals surface area contributed by atoms with Gasteiger partial charge in [-0.05, 0) is 18.8 Å². The van der Waals surface area contributed by atoms with Crippen molar-refractivity contribution in [2.45, 2.75) is 38.1 Å². The molecule has 2 N–H and O–H groups in total. The normalized spacial score (nSPS) is 30.9. The van der Waals surface area contributed by atoms with Crippen LogP contribution in [-0.2, 0) is 10.0 Å². The molecule has 2 unspecified atom stereocenters. The third kappa shape index (κ3) is 3.44. The van der Waals surface area contributed by atoms with Gasteiger partial charge in [-0.3, -0.25) is 0 Å². The van der Waals surface area contributed by atoms with Gasteiger partial charge in [-0.25, -0.2) is 13.1 Å². The maximum absolute atomic E-state index is 11.5. The van der Waals surface area contributed by atoms with Gasteiger partial charge in [0.15, 0.2) is 5.75 Å². The van der Waals surface area contributed by atoms with Crippen molar-refractivity contribution in [1.82, 2.24) is 4.72 Å². The lowest BCUT2D eigenvalue weighted by atomic mass is 9.78. The first-order valence-electron chi connectivity index (χ1n) is 5.42. The van der Waals surface area contributed by atoms with Crippen LogP contribution in [0.25, 0.3) is 0 Å². The molecule has 6 heteroatoms. The molecule has 0 saturated heterocycles. The monoisotopic (exact) mass is 246 g/mol. The van der Waals surface area contributed by atoms with Gasteiger partial charge in [-0.15, -0.1) is 0 Å². The van der Waals surface area contributed by atoms with E-state index in [0.717, 1.165) is 12.8 Å². The van der Waals surface area contributed by atoms with E-state index in [0.29, 0.717) is 18.8 Å². The van der Waals surface area contributed by atoms with E-state index < -0.39 is 21.3 Å². The third-order valence-electron chi connectivity index (χ3n) is 3.02. The van der Waals surface area contributed by atoms with Gasteiger partial charge in [0.05, 0.1) is 18.2 Å². The molecule has 1 saturated carbocycles. The predicted octanol–water partition coefficient (Wildman–Crippen LogP) is 0.371. The number of rotatable bonds is 4. The van der Waals surface area contributed by atoms with Crippen LogP contribution in [0, 0.1) is 17.2 Å². The van der Waals surface area contributed by atoms with Crippen LogP contribution >= 0.6 is 0 Å². The Kier molecular flexibility index (Phi) is 4.30. The molecule has 0 aliphatic heterocycles. The Labute approximate surface area is 96.5 Å². The fourth-order valence-corrected chi connectivity index (χ4v) is 3.53. The number of nitrogens with zero attached hydrogens (tertiary/aromatic N) is 1. The fraction of sp³-hybridized carbons (Fsp3) is 0.900. The maximum atomic E-state index is 11.5. The minimum Gasteiger partial charge on any atom is -0.394 e. The third-order valence-corrected chi connectivity index (χ3v) is 4.27. The van der Waals surface area contributed by atoms with E-state index in [1.54, 1.807) is 6.07 Å². The number of hydrogen-bond acceptors (Lipinski definition) is 4. The van der Waals surface area contributed by atoms with Crippen molar-refractivity contribution in [3.63, 3.8) is 0 Å². The second-order valence-corrected chi connectivity index (χ2v) is 6.38. The Hall–Kier alpha value is -0.640. The van der Waals surface area contributed by atoms with E-state index in [9.17, 15) is 13.5 Å². The van der Waals surface area contributed by atoms with Gasteiger partial charge in [-0.1, -0.05) is 19.8 Å². The molecule has 5 nitrogen and oxygen atoms in total. The van der Waals surface area contributed by atoms with Gasteiger partial charge in [0, 0.05) is 0 Å². The molecule has 0 aromatic carbocycles. The van der Waals surface area contributed by atoms with Gasteiger partial charge < -0.3 is 5.11 Å². The van der Waals surface area contributed by atoms with E-state index in [1.165, 1.54) is 0 Å². The van der Waals surface area contributed by atoms with Gasteiger partial charge in [0.1, 0.15) is 0 Å². The van der Waals surface area contributed by atoms with Gasteiger partial charge in [-0.2, -0.15) is 5.26 Å². The highest BCUT2D eigenvalue weighted by Gasteiger charge is 2.37. The van der Waals surface area contributed by atoms with Crippen molar-refractivity contribution < 1.29 is 13.5 Å². The molecule has 0 heterocycles. The Morgan fingerprint density at radius 3 is 2.81 bits per heavy atom. The van der Waals surface area contributed by atoms with Crippen molar-refractivity contribution in [1.29, 1.82) is 5.26 Å². The minimum absolute atomic E-state index is 0.206. The Morgan fingerprint density at radius 2 is 2.31 bits per heavy atom. The van der Waals surface area contributed by atoms with Crippen LogP contribution in [0.5, 0.6) is 0 Å². The Morgan fingerprint density at radius 1 is 1.62 bits per heavy atom. The topological polar surface area (TPSA) is 90.2 Å². The molecule has 1 fully saturated rings. The van der Waals surface area contributed by atoms with E-state index >= 15 is 0 Å². The molecule has 2 atom stereocenters. The molecule has 16 heavy (non-hydrogen) atoms. The van der Waals surface area contributed by atoms with E-state index in [2.05, 4.69) is 4.72 Å². The summed E-state index contributed by atoms with van der Waals surface area (Å²) >= 11 is 0. The lowest BCUT2D eigenvalue weighted by Crippen LogP contribution is -2.54. The molecular weight excluding hydrogens is 228 g/mol. The predicted molar refractivity (Wildman–Crippen MR) is 60.0 cm³/mol. The summed E-state index contributed by atoms with van der Waals surface area (Å²) in [4.78, 5) is 0. The summed E-state index contributed by atoms with van der Waals surface area (Å²) in [5.41, 5.74) is -0.757. The van der Waals surface area contributed by atoms with Crippen molar-refractivity contribution >= 4 is 10.0 Å². The summed E-state index contributed by atoms with van der Waals surface area (Å²) in [5, 5.41) is 17.8. The molecule has 0 radical (unpaired) electrons. The molecule has 0 spiro atoms. The van der Waals surface area contributed by atoms with Crippen LogP contribution in [0.15, 0.2) is 0 Å². The molecule has 0 amide bonds. The fourth-order valence-electron chi connectivity index (χ4n) is 2.38. The lowest BCUT2D eigenvalue weighted by molar-refractivity contribution is 0.120. The number of hydrogen-bond donors (Lipinski definition) is 2. The van der Waals surface area contributed by atoms with E-state index in [1.807, 2.05) is 6.92 Å². The SMILES string of the molecule is CC1CCCC(CO)(NS(=O)(=O)CC#N)C1.